The molecule has 19 heavy (non-hydrogen) atoms. The van der Waals surface area contributed by atoms with E-state index < -0.39 is 0 Å². The molecule has 1 heterocycles. The molecule has 1 aliphatic rings. The predicted molar refractivity (Wildman–Crippen MR) is 76.8 cm³/mol. The number of pyridine rings is 1. The number of aromatic nitrogens is 1. The van der Waals surface area contributed by atoms with E-state index in [1.54, 1.807) is 0 Å². The Kier molecular flexibility index (Phi) is 3.76. The summed E-state index contributed by atoms with van der Waals surface area (Å²) in [5.74, 6) is 0. The molecule has 3 nitrogen and oxygen atoms in total. The van der Waals surface area contributed by atoms with E-state index in [0.717, 1.165) is 31.3 Å². The van der Waals surface area contributed by atoms with E-state index in [4.69, 9.17) is 0 Å². The number of nitrogens with one attached hydrogen (secondary N) is 1. The molecule has 0 bridgehead atoms. The fourth-order valence-electron chi connectivity index (χ4n) is 2.83. The van der Waals surface area contributed by atoms with E-state index in [1.807, 2.05) is 12.3 Å². The molecule has 0 radical (unpaired) electrons. The molecule has 1 aromatic carbocycles. The predicted octanol–water partition coefficient (Wildman–Crippen LogP) is 2.63. The maximum Gasteiger partial charge on any atom is 0.0702 e. The molecule has 2 aromatic rings. The van der Waals surface area contributed by atoms with E-state index in [-0.39, 0.29) is 12.1 Å². The Balaban J connectivity index is 1.67. The minimum atomic E-state index is -0.184. The molecule has 1 aromatic heterocycles. The van der Waals surface area contributed by atoms with Gasteiger partial charge in [-0.15, -0.1) is 0 Å². The van der Waals surface area contributed by atoms with Crippen molar-refractivity contribution < 1.29 is 5.11 Å². The Morgan fingerprint density at radius 2 is 2.11 bits per heavy atom. The monoisotopic (exact) mass is 256 g/mol. The van der Waals surface area contributed by atoms with Crippen LogP contribution < -0.4 is 5.32 Å². The average Bonchev–Trinajstić information content (AvgIpc) is 2.46. The molecule has 1 saturated carbocycles. The topological polar surface area (TPSA) is 45.1 Å². The van der Waals surface area contributed by atoms with Crippen LogP contribution in [0.3, 0.4) is 0 Å². The summed E-state index contributed by atoms with van der Waals surface area (Å²) < 4.78 is 0. The van der Waals surface area contributed by atoms with Gasteiger partial charge in [-0.1, -0.05) is 25.0 Å². The number of nitrogens with zero attached hydrogens (tertiary/aromatic N) is 1. The van der Waals surface area contributed by atoms with Crippen LogP contribution in [0.1, 0.15) is 31.2 Å². The highest BCUT2D eigenvalue weighted by Gasteiger charge is 2.21. The molecular formula is C16H20N2O. The van der Waals surface area contributed by atoms with Crippen LogP contribution in [-0.2, 0) is 6.54 Å². The Labute approximate surface area is 113 Å². The Bertz CT molecular complexity index is 555. The SMILES string of the molecule is OC1CCCCC1NCc1ccc2ncccc2c1. The summed E-state index contributed by atoms with van der Waals surface area (Å²) in [6.45, 7) is 0.812. The summed E-state index contributed by atoms with van der Waals surface area (Å²) in [4.78, 5) is 4.32. The van der Waals surface area contributed by atoms with Crippen LogP contribution in [0.4, 0.5) is 0 Å². The second kappa shape index (κ2) is 5.68. The third-order valence-electron chi connectivity index (χ3n) is 3.97. The van der Waals surface area contributed by atoms with Crippen LogP contribution in [0.2, 0.25) is 0 Å². The van der Waals surface area contributed by atoms with Gasteiger partial charge >= 0.3 is 0 Å². The van der Waals surface area contributed by atoms with E-state index >= 15 is 0 Å². The van der Waals surface area contributed by atoms with Crippen LogP contribution in [0.15, 0.2) is 36.5 Å². The van der Waals surface area contributed by atoms with E-state index in [2.05, 4.69) is 34.6 Å². The van der Waals surface area contributed by atoms with Gasteiger partial charge in [-0.2, -0.15) is 0 Å². The minimum Gasteiger partial charge on any atom is -0.392 e. The smallest absolute Gasteiger partial charge is 0.0702 e. The minimum absolute atomic E-state index is 0.184. The van der Waals surface area contributed by atoms with Crippen LogP contribution in [0, 0.1) is 0 Å². The zero-order valence-electron chi connectivity index (χ0n) is 11.0. The van der Waals surface area contributed by atoms with Gasteiger partial charge in [-0.3, -0.25) is 4.98 Å². The lowest BCUT2D eigenvalue weighted by Crippen LogP contribution is -2.41. The summed E-state index contributed by atoms with van der Waals surface area (Å²) in [5, 5.41) is 14.6. The lowest BCUT2D eigenvalue weighted by Gasteiger charge is -2.28. The zero-order chi connectivity index (χ0) is 13.1. The highest BCUT2D eigenvalue weighted by molar-refractivity contribution is 5.78. The molecule has 0 spiro atoms. The van der Waals surface area contributed by atoms with Crippen molar-refractivity contribution in [2.75, 3.05) is 0 Å². The Hall–Kier alpha value is -1.45. The molecule has 2 N–H and O–H groups in total. The first-order valence-electron chi connectivity index (χ1n) is 7.08. The molecule has 1 aliphatic carbocycles. The summed E-state index contributed by atoms with van der Waals surface area (Å²) in [6.07, 6.45) is 6.02. The van der Waals surface area contributed by atoms with Gasteiger partial charge in [0.2, 0.25) is 0 Å². The van der Waals surface area contributed by atoms with Gasteiger partial charge in [0.15, 0.2) is 0 Å². The number of fused-ring (bicyclic) bond motifs is 1. The van der Waals surface area contributed by atoms with E-state index in [9.17, 15) is 5.11 Å². The van der Waals surface area contributed by atoms with Gasteiger partial charge < -0.3 is 10.4 Å². The van der Waals surface area contributed by atoms with Gasteiger partial charge in [-0.25, -0.2) is 0 Å². The van der Waals surface area contributed by atoms with Crippen molar-refractivity contribution in [1.82, 2.24) is 10.3 Å². The molecule has 0 aliphatic heterocycles. The third-order valence-corrected chi connectivity index (χ3v) is 3.97. The second-order valence-electron chi connectivity index (χ2n) is 5.37. The van der Waals surface area contributed by atoms with Crippen molar-refractivity contribution in [2.45, 2.75) is 44.4 Å². The molecule has 0 amide bonds. The molecule has 3 rings (SSSR count). The molecule has 1 fully saturated rings. The van der Waals surface area contributed by atoms with Gasteiger partial charge in [0.1, 0.15) is 0 Å². The molecule has 2 unspecified atom stereocenters. The zero-order valence-corrected chi connectivity index (χ0v) is 11.0. The van der Waals surface area contributed by atoms with Crippen LogP contribution in [-0.4, -0.2) is 22.2 Å². The number of aliphatic hydroxyl groups is 1. The largest absolute Gasteiger partial charge is 0.392 e. The van der Waals surface area contributed by atoms with Crippen LogP contribution in [0.25, 0.3) is 10.9 Å². The number of aliphatic hydroxyl groups excluding tert-OH is 1. The maximum absolute atomic E-state index is 9.95. The summed E-state index contributed by atoms with van der Waals surface area (Å²) in [5.41, 5.74) is 2.28. The fourth-order valence-corrected chi connectivity index (χ4v) is 2.83. The first kappa shape index (κ1) is 12.6. The van der Waals surface area contributed by atoms with Crippen LogP contribution >= 0.6 is 0 Å². The number of hydrogen-bond donors (Lipinski definition) is 2. The van der Waals surface area contributed by atoms with Crippen molar-refractivity contribution in [3.05, 3.63) is 42.1 Å². The molecule has 100 valence electrons. The number of benzene rings is 1. The van der Waals surface area contributed by atoms with Gasteiger partial charge in [0.05, 0.1) is 11.6 Å². The Morgan fingerprint density at radius 1 is 1.21 bits per heavy atom. The lowest BCUT2D eigenvalue weighted by atomic mass is 9.92. The molecule has 3 heteroatoms. The highest BCUT2D eigenvalue weighted by Crippen LogP contribution is 2.19. The Morgan fingerprint density at radius 3 is 3.00 bits per heavy atom. The molecule has 2 atom stereocenters. The quantitative estimate of drug-likeness (QED) is 0.887. The summed E-state index contributed by atoms with van der Waals surface area (Å²) in [7, 11) is 0. The lowest BCUT2D eigenvalue weighted by molar-refractivity contribution is 0.0903. The van der Waals surface area contributed by atoms with Gasteiger partial charge in [0, 0.05) is 24.2 Å². The third kappa shape index (κ3) is 2.94. The average molecular weight is 256 g/mol. The van der Waals surface area contributed by atoms with E-state index in [1.165, 1.54) is 17.4 Å². The molecular weight excluding hydrogens is 236 g/mol. The number of hydrogen-bond acceptors (Lipinski definition) is 3. The van der Waals surface area contributed by atoms with Gasteiger partial charge in [-0.05, 0) is 36.6 Å². The van der Waals surface area contributed by atoms with Crippen molar-refractivity contribution in [2.24, 2.45) is 0 Å². The van der Waals surface area contributed by atoms with Crippen molar-refractivity contribution >= 4 is 10.9 Å². The van der Waals surface area contributed by atoms with E-state index in [0.29, 0.717) is 0 Å². The highest BCUT2D eigenvalue weighted by atomic mass is 16.3. The maximum atomic E-state index is 9.95. The standard InChI is InChI=1S/C16H20N2O/c19-16-6-2-1-5-15(16)18-11-12-7-8-14-13(10-12)4-3-9-17-14/h3-4,7-10,15-16,18-19H,1-2,5-6,11H2. The number of rotatable bonds is 3. The van der Waals surface area contributed by atoms with Gasteiger partial charge in [0.25, 0.3) is 0 Å². The summed E-state index contributed by atoms with van der Waals surface area (Å²) in [6, 6.07) is 10.6. The fraction of sp³-hybridized carbons (Fsp3) is 0.438. The molecule has 0 saturated heterocycles. The van der Waals surface area contributed by atoms with Crippen molar-refractivity contribution in [3.63, 3.8) is 0 Å². The first-order chi connectivity index (χ1) is 9.33. The summed E-state index contributed by atoms with van der Waals surface area (Å²) >= 11 is 0. The second-order valence-corrected chi connectivity index (χ2v) is 5.37. The van der Waals surface area contributed by atoms with Crippen molar-refractivity contribution in [1.29, 1.82) is 0 Å². The van der Waals surface area contributed by atoms with Crippen LogP contribution in [0.5, 0.6) is 0 Å². The first-order valence-corrected chi connectivity index (χ1v) is 7.08. The van der Waals surface area contributed by atoms with Crippen molar-refractivity contribution in [3.8, 4) is 0 Å². The normalized spacial score (nSPS) is 23.6.